The van der Waals surface area contributed by atoms with Crippen LogP contribution in [-0.2, 0) is 6.18 Å². The average molecular weight is 260 g/mol. The van der Waals surface area contributed by atoms with Gasteiger partial charge in [0, 0.05) is 18.0 Å². The quantitative estimate of drug-likeness (QED) is 0.847. The maximum atomic E-state index is 12.7. The Morgan fingerprint density at radius 3 is 2.61 bits per heavy atom. The van der Waals surface area contributed by atoms with Crippen LogP contribution >= 0.6 is 0 Å². The highest BCUT2D eigenvalue weighted by Crippen LogP contribution is 2.32. The molecule has 3 nitrogen and oxygen atoms in total. The summed E-state index contributed by atoms with van der Waals surface area (Å²) in [5.41, 5.74) is 4.23. The van der Waals surface area contributed by atoms with Crippen molar-refractivity contribution in [2.75, 3.05) is 0 Å². The molecule has 1 rings (SSSR count). The molecule has 1 heterocycles. The summed E-state index contributed by atoms with van der Waals surface area (Å²) in [5, 5.41) is 0. The lowest BCUT2D eigenvalue weighted by Crippen LogP contribution is -2.37. The first-order valence-electron chi connectivity index (χ1n) is 5.60. The van der Waals surface area contributed by atoms with Gasteiger partial charge in [-0.25, -0.2) is 0 Å². The highest BCUT2D eigenvalue weighted by molar-refractivity contribution is 6.01. The summed E-state index contributed by atoms with van der Waals surface area (Å²) < 4.78 is 38.2. The van der Waals surface area contributed by atoms with Gasteiger partial charge in [0.25, 0.3) is 0 Å². The molecule has 0 aliphatic heterocycles. The maximum absolute atomic E-state index is 12.7. The second-order valence-corrected chi connectivity index (χ2v) is 4.19. The molecule has 0 radical (unpaired) electrons. The fourth-order valence-electron chi connectivity index (χ4n) is 1.53. The fourth-order valence-corrected chi connectivity index (χ4v) is 1.53. The van der Waals surface area contributed by atoms with Gasteiger partial charge in [-0.05, 0) is 12.0 Å². The summed E-state index contributed by atoms with van der Waals surface area (Å²) in [4.78, 5) is 15.5. The van der Waals surface area contributed by atoms with Gasteiger partial charge in [0.2, 0.25) is 0 Å². The van der Waals surface area contributed by atoms with Crippen molar-refractivity contribution < 1.29 is 18.0 Å². The number of Topliss-reactive ketones (excluding diaryl/α,β-unsaturated/α-hetero) is 1. The van der Waals surface area contributed by atoms with E-state index in [1.165, 1.54) is 0 Å². The molecule has 1 aromatic heterocycles. The standard InChI is InChI=1S/C12H15F3N2O/c1-3-7(2)10(16)11(18)8-6-17-5-4-9(8)12(13,14)15/h4-7,10H,3,16H2,1-2H3. The molecule has 0 saturated carbocycles. The Labute approximate surface area is 103 Å². The first-order chi connectivity index (χ1) is 8.29. The Bertz CT molecular complexity index is 432. The van der Waals surface area contributed by atoms with Crippen molar-refractivity contribution in [3.63, 3.8) is 0 Å². The minimum atomic E-state index is -4.58. The van der Waals surface area contributed by atoms with E-state index in [4.69, 9.17) is 5.73 Å². The van der Waals surface area contributed by atoms with Gasteiger partial charge in [-0.3, -0.25) is 9.78 Å². The number of carbonyl (C=O) groups is 1. The summed E-state index contributed by atoms with van der Waals surface area (Å²) in [5.74, 6) is -0.899. The van der Waals surface area contributed by atoms with E-state index in [-0.39, 0.29) is 5.92 Å². The zero-order chi connectivity index (χ0) is 13.9. The number of nitrogens with zero attached hydrogens (tertiary/aromatic N) is 1. The van der Waals surface area contributed by atoms with E-state index >= 15 is 0 Å². The van der Waals surface area contributed by atoms with Crippen LogP contribution in [0.25, 0.3) is 0 Å². The third kappa shape index (κ3) is 3.07. The number of hydrogen-bond donors (Lipinski definition) is 1. The first kappa shape index (κ1) is 14.6. The Kier molecular flexibility index (Phi) is 4.45. The Hall–Kier alpha value is -1.43. The molecule has 0 amide bonds. The van der Waals surface area contributed by atoms with Crippen molar-refractivity contribution in [1.82, 2.24) is 4.98 Å². The van der Waals surface area contributed by atoms with Crippen LogP contribution in [0, 0.1) is 5.92 Å². The number of carbonyl (C=O) groups excluding carboxylic acids is 1. The van der Waals surface area contributed by atoms with E-state index in [0.717, 1.165) is 18.5 Å². The molecule has 18 heavy (non-hydrogen) atoms. The molecule has 2 N–H and O–H groups in total. The number of rotatable bonds is 4. The van der Waals surface area contributed by atoms with E-state index < -0.39 is 29.1 Å². The van der Waals surface area contributed by atoms with Crippen LogP contribution in [0.1, 0.15) is 36.2 Å². The van der Waals surface area contributed by atoms with Crippen LogP contribution < -0.4 is 5.73 Å². The molecule has 0 spiro atoms. The van der Waals surface area contributed by atoms with Crippen molar-refractivity contribution >= 4 is 5.78 Å². The van der Waals surface area contributed by atoms with E-state index in [1.54, 1.807) is 6.92 Å². The summed E-state index contributed by atoms with van der Waals surface area (Å²) in [6, 6.07) is -0.156. The number of alkyl halides is 3. The van der Waals surface area contributed by atoms with E-state index in [1.807, 2.05) is 6.92 Å². The molecule has 0 aliphatic carbocycles. The predicted molar refractivity (Wildman–Crippen MR) is 61.0 cm³/mol. The van der Waals surface area contributed by atoms with Gasteiger partial charge in [0.1, 0.15) is 0 Å². The molecule has 100 valence electrons. The van der Waals surface area contributed by atoms with Gasteiger partial charge >= 0.3 is 6.18 Å². The normalized spacial score (nSPS) is 15.2. The summed E-state index contributed by atoms with van der Waals surface area (Å²) in [6.07, 6.45) is -2.03. The molecule has 0 saturated heterocycles. The maximum Gasteiger partial charge on any atom is 0.417 e. The van der Waals surface area contributed by atoms with Crippen LogP contribution in [-0.4, -0.2) is 16.8 Å². The van der Waals surface area contributed by atoms with Crippen LogP contribution in [0.15, 0.2) is 18.5 Å². The van der Waals surface area contributed by atoms with Crippen LogP contribution in [0.3, 0.4) is 0 Å². The lowest BCUT2D eigenvalue weighted by atomic mass is 9.91. The van der Waals surface area contributed by atoms with Gasteiger partial charge in [-0.2, -0.15) is 13.2 Å². The topological polar surface area (TPSA) is 56.0 Å². The smallest absolute Gasteiger partial charge is 0.321 e. The highest BCUT2D eigenvalue weighted by Gasteiger charge is 2.36. The Morgan fingerprint density at radius 1 is 1.50 bits per heavy atom. The molecule has 0 bridgehead atoms. The second-order valence-electron chi connectivity index (χ2n) is 4.19. The van der Waals surface area contributed by atoms with Gasteiger partial charge in [0.05, 0.1) is 11.6 Å². The van der Waals surface area contributed by atoms with Crippen molar-refractivity contribution in [2.45, 2.75) is 32.5 Å². The Morgan fingerprint density at radius 2 is 2.11 bits per heavy atom. The van der Waals surface area contributed by atoms with E-state index in [0.29, 0.717) is 6.42 Å². The van der Waals surface area contributed by atoms with Crippen molar-refractivity contribution in [2.24, 2.45) is 11.7 Å². The zero-order valence-electron chi connectivity index (χ0n) is 10.2. The first-order valence-corrected chi connectivity index (χ1v) is 5.60. The number of aromatic nitrogens is 1. The summed E-state index contributed by atoms with van der Waals surface area (Å²) >= 11 is 0. The van der Waals surface area contributed by atoms with Gasteiger partial charge in [-0.15, -0.1) is 0 Å². The lowest BCUT2D eigenvalue weighted by molar-refractivity contribution is -0.138. The third-order valence-electron chi connectivity index (χ3n) is 2.95. The number of pyridine rings is 1. The lowest BCUT2D eigenvalue weighted by Gasteiger charge is -2.19. The largest absolute Gasteiger partial charge is 0.417 e. The van der Waals surface area contributed by atoms with Crippen molar-refractivity contribution in [3.8, 4) is 0 Å². The molecule has 1 aromatic rings. The van der Waals surface area contributed by atoms with Crippen LogP contribution in [0.4, 0.5) is 13.2 Å². The van der Waals surface area contributed by atoms with Crippen LogP contribution in [0.2, 0.25) is 0 Å². The number of halogens is 3. The summed E-state index contributed by atoms with van der Waals surface area (Å²) in [6.45, 7) is 3.55. The molecule has 0 fully saturated rings. The van der Waals surface area contributed by atoms with Crippen molar-refractivity contribution in [1.29, 1.82) is 0 Å². The third-order valence-corrected chi connectivity index (χ3v) is 2.95. The second kappa shape index (κ2) is 5.48. The molecule has 0 aromatic carbocycles. The van der Waals surface area contributed by atoms with E-state index in [9.17, 15) is 18.0 Å². The van der Waals surface area contributed by atoms with Crippen molar-refractivity contribution in [3.05, 3.63) is 29.6 Å². The summed E-state index contributed by atoms with van der Waals surface area (Å²) in [7, 11) is 0. The monoisotopic (exact) mass is 260 g/mol. The number of hydrogen-bond acceptors (Lipinski definition) is 3. The van der Waals surface area contributed by atoms with Gasteiger partial charge < -0.3 is 5.73 Å². The number of nitrogens with two attached hydrogens (primary N) is 1. The molecular formula is C12H15F3N2O. The molecule has 6 heteroatoms. The molecular weight excluding hydrogens is 245 g/mol. The van der Waals surface area contributed by atoms with Gasteiger partial charge in [0.15, 0.2) is 5.78 Å². The highest BCUT2D eigenvalue weighted by atomic mass is 19.4. The SMILES string of the molecule is CCC(C)C(N)C(=O)c1cnccc1C(F)(F)F. The minimum Gasteiger partial charge on any atom is -0.321 e. The van der Waals surface area contributed by atoms with Crippen LogP contribution in [0.5, 0.6) is 0 Å². The van der Waals surface area contributed by atoms with Gasteiger partial charge in [-0.1, -0.05) is 20.3 Å². The number of ketones is 1. The fraction of sp³-hybridized carbons (Fsp3) is 0.500. The molecule has 2 atom stereocenters. The Balaban J connectivity index is 3.14. The van der Waals surface area contributed by atoms with E-state index in [2.05, 4.69) is 4.98 Å². The minimum absolute atomic E-state index is 0.182. The predicted octanol–water partition coefficient (Wildman–Crippen LogP) is 2.66. The zero-order valence-corrected chi connectivity index (χ0v) is 10.2. The average Bonchev–Trinajstić information content (AvgIpc) is 2.35. The molecule has 0 aliphatic rings. The molecule has 2 unspecified atom stereocenters.